The van der Waals surface area contributed by atoms with Gasteiger partial charge in [0.2, 0.25) is 5.91 Å². The van der Waals surface area contributed by atoms with E-state index in [1.54, 1.807) is 0 Å². The van der Waals surface area contributed by atoms with Crippen molar-refractivity contribution < 1.29 is 4.79 Å². The van der Waals surface area contributed by atoms with Crippen molar-refractivity contribution in [2.45, 2.75) is 52.6 Å². The molecule has 3 unspecified atom stereocenters. The molecule has 0 aromatic rings. The number of hydrogen-bond donors (Lipinski definition) is 1. The van der Waals surface area contributed by atoms with E-state index in [-0.39, 0.29) is 17.9 Å². The molecule has 0 aromatic heterocycles. The number of amides is 1. The van der Waals surface area contributed by atoms with E-state index in [0.29, 0.717) is 6.04 Å². The summed E-state index contributed by atoms with van der Waals surface area (Å²) < 4.78 is 0. The van der Waals surface area contributed by atoms with Crippen LogP contribution in [0.4, 0.5) is 0 Å². The Morgan fingerprint density at radius 3 is 2.47 bits per heavy atom. The topological polar surface area (TPSA) is 46.3 Å². The zero-order valence-electron chi connectivity index (χ0n) is 10.4. The highest BCUT2D eigenvalue weighted by Crippen LogP contribution is 2.23. The Morgan fingerprint density at radius 1 is 1.40 bits per heavy atom. The average molecular weight is 212 g/mol. The van der Waals surface area contributed by atoms with Crippen LogP contribution in [0.2, 0.25) is 0 Å². The number of nitrogens with two attached hydrogens (primary N) is 1. The summed E-state index contributed by atoms with van der Waals surface area (Å²) in [7, 11) is 0. The molecular formula is C12H24N2O. The number of piperidine rings is 1. The van der Waals surface area contributed by atoms with E-state index >= 15 is 0 Å². The van der Waals surface area contributed by atoms with Gasteiger partial charge in [0, 0.05) is 12.6 Å². The minimum Gasteiger partial charge on any atom is -0.339 e. The highest BCUT2D eigenvalue weighted by molar-refractivity contribution is 5.82. The molecule has 0 spiro atoms. The predicted molar refractivity (Wildman–Crippen MR) is 62.4 cm³/mol. The Kier molecular flexibility index (Phi) is 4.14. The van der Waals surface area contributed by atoms with Gasteiger partial charge in [-0.3, -0.25) is 4.79 Å². The third-order valence-electron chi connectivity index (χ3n) is 3.42. The smallest absolute Gasteiger partial charge is 0.239 e. The van der Waals surface area contributed by atoms with Gasteiger partial charge in [-0.2, -0.15) is 0 Å². The summed E-state index contributed by atoms with van der Waals surface area (Å²) in [6, 6.07) is 0.0203. The summed E-state index contributed by atoms with van der Waals surface area (Å²) >= 11 is 0. The molecule has 3 atom stereocenters. The fourth-order valence-corrected chi connectivity index (χ4v) is 2.21. The second-order valence-electron chi connectivity index (χ2n) is 5.28. The minimum atomic E-state index is -0.333. The number of hydrogen-bond acceptors (Lipinski definition) is 2. The molecule has 1 fully saturated rings. The first-order valence-corrected chi connectivity index (χ1v) is 5.99. The molecule has 0 saturated carbocycles. The van der Waals surface area contributed by atoms with Crippen molar-refractivity contribution in [3.05, 3.63) is 0 Å². The maximum atomic E-state index is 12.1. The van der Waals surface area contributed by atoms with Crippen molar-refractivity contribution in [1.29, 1.82) is 0 Å². The lowest BCUT2D eigenvalue weighted by molar-refractivity contribution is -0.137. The SMILES string of the molecule is CC1CCN(C(=O)C(N)C(C)C)C(C)C1. The number of nitrogens with zero attached hydrogens (tertiary/aromatic N) is 1. The van der Waals surface area contributed by atoms with E-state index in [9.17, 15) is 4.79 Å². The van der Waals surface area contributed by atoms with Crippen molar-refractivity contribution in [3.8, 4) is 0 Å². The van der Waals surface area contributed by atoms with E-state index in [0.717, 1.165) is 25.3 Å². The van der Waals surface area contributed by atoms with Gasteiger partial charge in [-0.25, -0.2) is 0 Å². The molecule has 0 bridgehead atoms. The normalized spacial score (nSPS) is 29.3. The van der Waals surface area contributed by atoms with Crippen LogP contribution in [0, 0.1) is 11.8 Å². The van der Waals surface area contributed by atoms with E-state index in [1.807, 2.05) is 18.7 Å². The van der Waals surface area contributed by atoms with E-state index in [1.165, 1.54) is 0 Å². The fourth-order valence-electron chi connectivity index (χ4n) is 2.21. The van der Waals surface area contributed by atoms with E-state index in [2.05, 4.69) is 13.8 Å². The van der Waals surface area contributed by atoms with Crippen LogP contribution in [-0.4, -0.2) is 29.4 Å². The van der Waals surface area contributed by atoms with Crippen molar-refractivity contribution in [2.24, 2.45) is 17.6 Å². The predicted octanol–water partition coefficient (Wildman–Crippen LogP) is 1.62. The molecule has 15 heavy (non-hydrogen) atoms. The summed E-state index contributed by atoms with van der Waals surface area (Å²) in [4.78, 5) is 14.0. The Labute approximate surface area is 93.0 Å². The van der Waals surface area contributed by atoms with Crippen molar-refractivity contribution >= 4 is 5.91 Å². The number of likely N-dealkylation sites (tertiary alicyclic amines) is 1. The van der Waals surface area contributed by atoms with Crippen LogP contribution in [0.1, 0.15) is 40.5 Å². The van der Waals surface area contributed by atoms with Gasteiger partial charge >= 0.3 is 0 Å². The van der Waals surface area contributed by atoms with E-state index < -0.39 is 0 Å². The monoisotopic (exact) mass is 212 g/mol. The Morgan fingerprint density at radius 2 is 2.00 bits per heavy atom. The molecular weight excluding hydrogens is 188 g/mol. The van der Waals surface area contributed by atoms with Crippen LogP contribution in [-0.2, 0) is 4.79 Å². The van der Waals surface area contributed by atoms with Gasteiger partial charge in [0.1, 0.15) is 0 Å². The molecule has 1 saturated heterocycles. The molecule has 3 nitrogen and oxygen atoms in total. The summed E-state index contributed by atoms with van der Waals surface area (Å²) in [5.74, 6) is 1.09. The number of carbonyl (C=O) groups is 1. The molecule has 1 amide bonds. The second-order valence-corrected chi connectivity index (χ2v) is 5.28. The van der Waals surface area contributed by atoms with Crippen LogP contribution in [0.25, 0.3) is 0 Å². The van der Waals surface area contributed by atoms with Crippen molar-refractivity contribution in [1.82, 2.24) is 4.90 Å². The lowest BCUT2D eigenvalue weighted by Gasteiger charge is -2.38. The van der Waals surface area contributed by atoms with Gasteiger partial charge in [0.15, 0.2) is 0 Å². The molecule has 1 aliphatic heterocycles. The Hall–Kier alpha value is -0.570. The largest absolute Gasteiger partial charge is 0.339 e. The molecule has 88 valence electrons. The zero-order valence-corrected chi connectivity index (χ0v) is 10.4. The van der Waals surface area contributed by atoms with Crippen LogP contribution in [0.5, 0.6) is 0 Å². The van der Waals surface area contributed by atoms with Gasteiger partial charge in [-0.05, 0) is 31.6 Å². The van der Waals surface area contributed by atoms with Gasteiger partial charge in [0.25, 0.3) is 0 Å². The lowest BCUT2D eigenvalue weighted by Crippen LogP contribution is -2.52. The van der Waals surface area contributed by atoms with Gasteiger partial charge in [-0.15, -0.1) is 0 Å². The van der Waals surface area contributed by atoms with Gasteiger partial charge in [0.05, 0.1) is 6.04 Å². The summed E-state index contributed by atoms with van der Waals surface area (Å²) in [5.41, 5.74) is 5.90. The number of rotatable bonds is 2. The highest BCUT2D eigenvalue weighted by Gasteiger charge is 2.30. The lowest BCUT2D eigenvalue weighted by atomic mass is 9.92. The Bertz CT molecular complexity index is 228. The third kappa shape index (κ3) is 2.94. The fraction of sp³-hybridized carbons (Fsp3) is 0.917. The van der Waals surface area contributed by atoms with Crippen LogP contribution in [0.3, 0.4) is 0 Å². The highest BCUT2D eigenvalue weighted by atomic mass is 16.2. The Balaban J connectivity index is 2.60. The van der Waals surface area contributed by atoms with Gasteiger partial charge in [-0.1, -0.05) is 20.8 Å². The molecule has 1 heterocycles. The van der Waals surface area contributed by atoms with E-state index in [4.69, 9.17) is 5.73 Å². The summed E-state index contributed by atoms with van der Waals surface area (Å²) in [6.45, 7) is 9.25. The zero-order chi connectivity index (χ0) is 11.6. The molecule has 3 heteroatoms. The maximum Gasteiger partial charge on any atom is 0.239 e. The number of carbonyl (C=O) groups excluding carboxylic acids is 1. The summed E-state index contributed by atoms with van der Waals surface area (Å²) in [5, 5.41) is 0. The second kappa shape index (κ2) is 4.97. The molecule has 0 radical (unpaired) electrons. The van der Waals surface area contributed by atoms with Crippen LogP contribution >= 0.6 is 0 Å². The molecule has 0 aliphatic carbocycles. The summed E-state index contributed by atoms with van der Waals surface area (Å²) in [6.07, 6.45) is 2.22. The van der Waals surface area contributed by atoms with Crippen LogP contribution < -0.4 is 5.73 Å². The minimum absolute atomic E-state index is 0.129. The first-order valence-electron chi connectivity index (χ1n) is 5.99. The first-order chi connectivity index (χ1) is 6.93. The van der Waals surface area contributed by atoms with Gasteiger partial charge < -0.3 is 10.6 Å². The molecule has 1 rings (SSSR count). The quantitative estimate of drug-likeness (QED) is 0.756. The maximum absolute atomic E-state index is 12.1. The van der Waals surface area contributed by atoms with Crippen LogP contribution in [0.15, 0.2) is 0 Å². The third-order valence-corrected chi connectivity index (χ3v) is 3.42. The standard InChI is InChI=1S/C12H24N2O/c1-8(2)11(13)12(15)14-6-5-9(3)7-10(14)4/h8-11H,5-7,13H2,1-4H3. The first kappa shape index (κ1) is 12.5. The molecule has 1 aliphatic rings. The van der Waals surface area contributed by atoms with Crippen molar-refractivity contribution in [2.75, 3.05) is 6.54 Å². The molecule has 0 aromatic carbocycles. The average Bonchev–Trinajstić information content (AvgIpc) is 2.15. The molecule has 2 N–H and O–H groups in total. The van der Waals surface area contributed by atoms with Crippen molar-refractivity contribution in [3.63, 3.8) is 0 Å².